The van der Waals surface area contributed by atoms with Gasteiger partial charge in [0.1, 0.15) is 0 Å². The standard InChI is InChI=1S/C53H44N2/c1-53(2)47-21-9-8-20-41(47)42-27-24-38(32-48(42)53)52-44-29-26-39(54-30-12-18-35-14-6-10-22-49(35)54)33-45(44)51(37-16-4-3-5-17-37)43-28-25-40(34-46(43)52)55-31-13-19-36-15-7-11-23-50(36)55/h3-11,14-17,20-29,32-34H,12-13,18-19,30-31H2,1-2H3. The molecule has 0 aromatic heterocycles. The smallest absolute Gasteiger partial charge is 0.0443 e. The summed E-state index contributed by atoms with van der Waals surface area (Å²) in [7, 11) is 0. The maximum atomic E-state index is 2.55. The number of para-hydroxylation sites is 2. The SMILES string of the molecule is CC1(C)c2ccccc2-c2ccc(-c3c4ccc(N5CCCc6ccccc65)cc4c(-c4ccccc4)c4ccc(N5CCCc6ccccc65)cc34)cc21. The second-order valence-corrected chi connectivity index (χ2v) is 16.3. The third-order valence-corrected chi connectivity index (χ3v) is 12.9. The van der Waals surface area contributed by atoms with Gasteiger partial charge < -0.3 is 9.80 Å². The van der Waals surface area contributed by atoms with Crippen LogP contribution in [0.2, 0.25) is 0 Å². The number of rotatable bonds is 4. The number of aryl methyl sites for hydroxylation is 2. The van der Waals surface area contributed by atoms with Crippen LogP contribution in [0.4, 0.5) is 22.7 Å². The van der Waals surface area contributed by atoms with Crippen molar-refractivity contribution in [2.45, 2.75) is 44.9 Å². The van der Waals surface area contributed by atoms with E-state index in [4.69, 9.17) is 0 Å². The minimum atomic E-state index is -0.0883. The molecule has 0 N–H and O–H groups in total. The highest BCUT2D eigenvalue weighted by Crippen LogP contribution is 2.52. The van der Waals surface area contributed by atoms with Crippen molar-refractivity contribution in [2.24, 2.45) is 0 Å². The molecule has 8 aromatic rings. The topological polar surface area (TPSA) is 6.48 Å². The summed E-state index contributed by atoms with van der Waals surface area (Å²) in [5.41, 5.74) is 18.7. The van der Waals surface area contributed by atoms with E-state index in [2.05, 4.69) is 181 Å². The molecular formula is C53H44N2. The number of fused-ring (bicyclic) bond motifs is 7. The number of nitrogens with zero attached hydrogens (tertiary/aromatic N) is 2. The second kappa shape index (κ2) is 12.5. The lowest BCUT2D eigenvalue weighted by Crippen LogP contribution is -2.24. The van der Waals surface area contributed by atoms with Gasteiger partial charge in [-0.15, -0.1) is 0 Å². The van der Waals surface area contributed by atoms with Crippen molar-refractivity contribution >= 4 is 44.3 Å². The maximum Gasteiger partial charge on any atom is 0.0443 e. The number of hydrogen-bond donors (Lipinski definition) is 0. The monoisotopic (exact) mass is 708 g/mol. The molecule has 0 saturated carbocycles. The van der Waals surface area contributed by atoms with Crippen molar-refractivity contribution in [1.29, 1.82) is 0 Å². The van der Waals surface area contributed by atoms with Crippen LogP contribution in [0.1, 0.15) is 48.9 Å². The van der Waals surface area contributed by atoms with Gasteiger partial charge in [0.15, 0.2) is 0 Å². The average molecular weight is 709 g/mol. The predicted molar refractivity (Wildman–Crippen MR) is 233 cm³/mol. The Morgan fingerprint density at radius 1 is 0.418 bits per heavy atom. The zero-order valence-electron chi connectivity index (χ0n) is 31.6. The molecule has 0 radical (unpaired) electrons. The largest absolute Gasteiger partial charge is 0.341 e. The summed E-state index contributed by atoms with van der Waals surface area (Å²) in [5, 5.41) is 5.19. The van der Waals surface area contributed by atoms with Gasteiger partial charge in [0.25, 0.3) is 0 Å². The molecule has 0 bridgehead atoms. The summed E-state index contributed by atoms with van der Waals surface area (Å²) in [5.74, 6) is 0. The van der Waals surface area contributed by atoms with E-state index in [1.165, 1.54) is 99.9 Å². The van der Waals surface area contributed by atoms with Crippen LogP contribution in [0.3, 0.4) is 0 Å². The summed E-state index contributed by atoms with van der Waals surface area (Å²) in [6.07, 6.45) is 4.56. The van der Waals surface area contributed by atoms with E-state index in [9.17, 15) is 0 Å². The van der Waals surface area contributed by atoms with Gasteiger partial charge in [-0.2, -0.15) is 0 Å². The van der Waals surface area contributed by atoms with Gasteiger partial charge in [-0.3, -0.25) is 0 Å². The lowest BCUT2D eigenvalue weighted by Gasteiger charge is -2.32. The molecule has 0 atom stereocenters. The van der Waals surface area contributed by atoms with Crippen molar-refractivity contribution in [3.63, 3.8) is 0 Å². The van der Waals surface area contributed by atoms with Crippen LogP contribution in [-0.4, -0.2) is 13.1 Å². The van der Waals surface area contributed by atoms with Crippen molar-refractivity contribution in [1.82, 2.24) is 0 Å². The Morgan fingerprint density at radius 2 is 0.945 bits per heavy atom. The van der Waals surface area contributed by atoms with E-state index < -0.39 is 0 Å². The number of benzene rings is 8. The van der Waals surface area contributed by atoms with Crippen LogP contribution in [0.25, 0.3) is 54.9 Å². The summed E-state index contributed by atoms with van der Waals surface area (Å²) < 4.78 is 0. The van der Waals surface area contributed by atoms with Crippen LogP contribution in [0.5, 0.6) is 0 Å². The highest BCUT2D eigenvalue weighted by Gasteiger charge is 2.35. The fourth-order valence-electron chi connectivity index (χ4n) is 10.2. The first-order chi connectivity index (χ1) is 27.0. The van der Waals surface area contributed by atoms with Crippen LogP contribution >= 0.6 is 0 Å². The number of hydrogen-bond acceptors (Lipinski definition) is 2. The molecule has 11 rings (SSSR count). The Kier molecular flexibility index (Phi) is 7.33. The molecule has 0 amide bonds. The molecule has 0 unspecified atom stereocenters. The Morgan fingerprint density at radius 3 is 1.58 bits per heavy atom. The summed E-state index contributed by atoms with van der Waals surface area (Å²) >= 11 is 0. The third-order valence-electron chi connectivity index (χ3n) is 12.9. The fraction of sp³-hybridized carbons (Fsp3) is 0.170. The average Bonchev–Trinajstić information content (AvgIpc) is 3.47. The van der Waals surface area contributed by atoms with Crippen molar-refractivity contribution in [3.8, 4) is 33.4 Å². The van der Waals surface area contributed by atoms with Gasteiger partial charge >= 0.3 is 0 Å². The second-order valence-electron chi connectivity index (χ2n) is 16.3. The Bertz CT molecular complexity index is 2810. The molecule has 55 heavy (non-hydrogen) atoms. The highest BCUT2D eigenvalue weighted by atomic mass is 15.1. The molecule has 2 aliphatic heterocycles. The van der Waals surface area contributed by atoms with Crippen molar-refractivity contribution in [2.75, 3.05) is 22.9 Å². The van der Waals surface area contributed by atoms with E-state index in [0.717, 1.165) is 38.8 Å². The zero-order chi connectivity index (χ0) is 36.7. The van der Waals surface area contributed by atoms with Crippen LogP contribution in [0.15, 0.2) is 158 Å². The van der Waals surface area contributed by atoms with Crippen LogP contribution in [0, 0.1) is 0 Å². The number of anilines is 4. The molecular weight excluding hydrogens is 665 g/mol. The molecule has 2 heterocycles. The van der Waals surface area contributed by atoms with E-state index in [1.54, 1.807) is 0 Å². The molecule has 266 valence electrons. The molecule has 0 spiro atoms. The van der Waals surface area contributed by atoms with E-state index in [1.807, 2.05) is 0 Å². The van der Waals surface area contributed by atoms with E-state index >= 15 is 0 Å². The third kappa shape index (κ3) is 5.01. The quantitative estimate of drug-likeness (QED) is 0.168. The van der Waals surface area contributed by atoms with Crippen LogP contribution in [-0.2, 0) is 18.3 Å². The zero-order valence-corrected chi connectivity index (χ0v) is 31.6. The summed E-state index contributed by atoms with van der Waals surface area (Å²) in [4.78, 5) is 5.09. The highest BCUT2D eigenvalue weighted by molar-refractivity contribution is 6.22. The molecule has 0 saturated heterocycles. The lowest BCUT2D eigenvalue weighted by molar-refractivity contribution is 0.660. The molecule has 3 aliphatic rings. The van der Waals surface area contributed by atoms with Gasteiger partial charge in [-0.05, 0) is 145 Å². The molecule has 2 nitrogen and oxygen atoms in total. The minimum absolute atomic E-state index is 0.0883. The Labute approximate surface area is 324 Å². The summed E-state index contributed by atoms with van der Waals surface area (Å²) in [6.45, 7) is 6.82. The normalized spacial score (nSPS) is 15.5. The van der Waals surface area contributed by atoms with Gasteiger partial charge in [0, 0.05) is 41.3 Å². The van der Waals surface area contributed by atoms with Gasteiger partial charge in [-0.25, -0.2) is 0 Å². The minimum Gasteiger partial charge on any atom is -0.341 e. The lowest BCUT2D eigenvalue weighted by atomic mass is 9.80. The van der Waals surface area contributed by atoms with Crippen LogP contribution < -0.4 is 9.80 Å². The predicted octanol–water partition coefficient (Wildman–Crippen LogP) is 13.8. The molecule has 2 heteroatoms. The van der Waals surface area contributed by atoms with Crippen molar-refractivity contribution in [3.05, 3.63) is 180 Å². The van der Waals surface area contributed by atoms with E-state index in [-0.39, 0.29) is 5.41 Å². The summed E-state index contributed by atoms with van der Waals surface area (Å²) in [6, 6.07) is 59.9. The maximum absolute atomic E-state index is 2.55. The van der Waals surface area contributed by atoms with Gasteiger partial charge in [0.05, 0.1) is 0 Å². The Hall–Kier alpha value is -6.12. The molecule has 0 fully saturated rings. The Balaban J connectivity index is 1.21. The van der Waals surface area contributed by atoms with Gasteiger partial charge in [0.2, 0.25) is 0 Å². The van der Waals surface area contributed by atoms with Crippen molar-refractivity contribution < 1.29 is 0 Å². The molecule has 1 aliphatic carbocycles. The first-order valence-corrected chi connectivity index (χ1v) is 20.1. The van der Waals surface area contributed by atoms with E-state index in [0.29, 0.717) is 0 Å². The first-order valence-electron chi connectivity index (χ1n) is 20.1. The molecule has 8 aromatic carbocycles. The fourth-order valence-corrected chi connectivity index (χ4v) is 10.2. The first kappa shape index (κ1) is 32.3. The van der Waals surface area contributed by atoms with Gasteiger partial charge in [-0.1, -0.05) is 129 Å².